The zero-order chi connectivity index (χ0) is 25.8. The molecule has 0 aliphatic carbocycles. The maximum atomic E-state index is 14.1. The summed E-state index contributed by atoms with van der Waals surface area (Å²) in [5.41, 5.74) is 1.52. The lowest BCUT2D eigenvalue weighted by molar-refractivity contribution is -0.143. The van der Waals surface area contributed by atoms with Gasteiger partial charge in [0.25, 0.3) is 0 Å². The molecule has 2 bridgehead atoms. The lowest BCUT2D eigenvalue weighted by Gasteiger charge is -2.37. The highest BCUT2D eigenvalue weighted by atomic mass is 32.2. The molecule has 3 amide bonds. The van der Waals surface area contributed by atoms with E-state index in [1.165, 1.54) is 0 Å². The molecule has 3 aliphatic heterocycles. The van der Waals surface area contributed by atoms with Crippen LogP contribution in [-0.4, -0.2) is 78.0 Å². The summed E-state index contributed by atoms with van der Waals surface area (Å²) in [6, 6.07) is 6.21. The number of hydrogen-bond acceptors (Lipinski definition) is 7. The maximum absolute atomic E-state index is 14.1. The molecule has 0 radical (unpaired) electrons. The van der Waals surface area contributed by atoms with Crippen molar-refractivity contribution in [2.24, 2.45) is 17.8 Å². The van der Waals surface area contributed by atoms with Gasteiger partial charge in [-0.2, -0.15) is 0 Å². The van der Waals surface area contributed by atoms with Crippen LogP contribution in [0.15, 0.2) is 24.3 Å². The van der Waals surface area contributed by atoms with E-state index in [4.69, 9.17) is 0 Å². The Morgan fingerprint density at radius 2 is 2.00 bits per heavy atom. The molecule has 194 valence electrons. The minimum Gasteiger partial charge on any atom is -0.394 e. The fourth-order valence-corrected chi connectivity index (χ4v) is 9.06. The lowest BCUT2D eigenvalue weighted by Crippen LogP contribution is -2.57. The molecule has 6 atom stereocenters. The van der Waals surface area contributed by atoms with Gasteiger partial charge < -0.3 is 20.6 Å². The van der Waals surface area contributed by atoms with Crippen molar-refractivity contribution in [1.29, 1.82) is 0 Å². The van der Waals surface area contributed by atoms with Crippen molar-refractivity contribution < 1.29 is 19.5 Å². The Morgan fingerprint density at radius 3 is 2.69 bits per heavy atom. The minimum atomic E-state index is -0.790. The molecule has 3 N–H and O–H groups in total. The van der Waals surface area contributed by atoms with Gasteiger partial charge >= 0.3 is 0 Å². The molecule has 3 aliphatic rings. The van der Waals surface area contributed by atoms with E-state index in [1.807, 2.05) is 45.0 Å². The van der Waals surface area contributed by atoms with E-state index in [2.05, 4.69) is 20.9 Å². The standard InChI is InChI=1S/C25H34N6O4S/c1-14(2)11-15(12-32)31-20(22(34)27-13-30-17-8-6-5-7-16(17)28-29-30)25-10-9-24(3,36-25)18(21(33)26-4)19(25)23(31)35/h5-8,14-15,18-20,32H,9-13H2,1-4H3,(H,26,33)(H,27,34)/t15-,18-,19+,20?,24+,25?/m1/s1. The third kappa shape index (κ3) is 3.61. The van der Waals surface area contributed by atoms with Gasteiger partial charge in [-0.3, -0.25) is 14.4 Å². The topological polar surface area (TPSA) is 129 Å². The molecule has 1 aromatic heterocycles. The molecule has 0 saturated carbocycles. The van der Waals surface area contributed by atoms with Crippen LogP contribution in [0.3, 0.4) is 0 Å². The van der Waals surface area contributed by atoms with Gasteiger partial charge in [0, 0.05) is 11.8 Å². The Balaban J connectivity index is 1.51. The summed E-state index contributed by atoms with van der Waals surface area (Å²) in [6.07, 6.45) is 1.98. The van der Waals surface area contributed by atoms with Crippen LogP contribution in [-0.2, 0) is 21.1 Å². The third-order valence-electron chi connectivity index (χ3n) is 8.16. The molecule has 36 heavy (non-hydrogen) atoms. The molecule has 3 fully saturated rings. The summed E-state index contributed by atoms with van der Waals surface area (Å²) in [7, 11) is 1.59. The van der Waals surface area contributed by atoms with Gasteiger partial charge in [0.05, 0.1) is 34.7 Å². The number of aliphatic hydroxyl groups excluding tert-OH is 1. The highest BCUT2D eigenvalue weighted by Gasteiger charge is 2.77. The van der Waals surface area contributed by atoms with Crippen molar-refractivity contribution in [1.82, 2.24) is 30.5 Å². The zero-order valence-electron chi connectivity index (χ0n) is 21.1. The second-order valence-electron chi connectivity index (χ2n) is 10.8. The molecule has 2 unspecified atom stereocenters. The average Bonchev–Trinajstić information content (AvgIpc) is 3.56. The van der Waals surface area contributed by atoms with Gasteiger partial charge in [0.15, 0.2) is 0 Å². The van der Waals surface area contributed by atoms with Crippen LogP contribution >= 0.6 is 11.8 Å². The number of rotatable bonds is 8. The van der Waals surface area contributed by atoms with Crippen molar-refractivity contribution >= 4 is 40.5 Å². The van der Waals surface area contributed by atoms with Crippen molar-refractivity contribution in [2.45, 2.75) is 68.3 Å². The number of benzene rings is 1. The molecule has 11 heteroatoms. The number of fused-ring (bicyclic) bond motifs is 2. The van der Waals surface area contributed by atoms with Crippen molar-refractivity contribution in [3.8, 4) is 0 Å². The Labute approximate surface area is 214 Å². The van der Waals surface area contributed by atoms with Crippen LogP contribution in [0.4, 0.5) is 0 Å². The first-order chi connectivity index (χ1) is 17.2. The first-order valence-electron chi connectivity index (χ1n) is 12.6. The van der Waals surface area contributed by atoms with Crippen LogP contribution in [0.5, 0.6) is 0 Å². The Bertz CT molecular complexity index is 1200. The molecule has 5 rings (SSSR count). The number of likely N-dealkylation sites (tertiary alicyclic amines) is 1. The summed E-state index contributed by atoms with van der Waals surface area (Å²) in [6.45, 7) is 5.96. The molecular formula is C25H34N6O4S. The molecule has 10 nitrogen and oxygen atoms in total. The number of carbonyl (C=O) groups is 3. The van der Waals surface area contributed by atoms with E-state index in [-0.39, 0.29) is 36.9 Å². The van der Waals surface area contributed by atoms with Crippen molar-refractivity contribution in [2.75, 3.05) is 13.7 Å². The fourth-order valence-electron chi connectivity index (χ4n) is 6.72. The number of aromatic nitrogens is 3. The van der Waals surface area contributed by atoms with Gasteiger partial charge in [-0.1, -0.05) is 31.2 Å². The van der Waals surface area contributed by atoms with E-state index in [1.54, 1.807) is 28.4 Å². The van der Waals surface area contributed by atoms with Gasteiger partial charge in [-0.05, 0) is 44.2 Å². The monoisotopic (exact) mass is 514 g/mol. The fraction of sp³-hybridized carbons (Fsp3) is 0.640. The largest absolute Gasteiger partial charge is 0.394 e. The Hall–Kier alpha value is -2.66. The van der Waals surface area contributed by atoms with E-state index in [0.717, 1.165) is 17.5 Å². The quantitative estimate of drug-likeness (QED) is 0.482. The number of nitrogens with one attached hydrogen (secondary N) is 2. The first-order valence-corrected chi connectivity index (χ1v) is 13.4. The molecule has 4 heterocycles. The molecule has 2 aromatic rings. The van der Waals surface area contributed by atoms with Crippen LogP contribution in [0.2, 0.25) is 0 Å². The van der Waals surface area contributed by atoms with Gasteiger partial charge in [0.1, 0.15) is 18.2 Å². The number of hydrogen-bond donors (Lipinski definition) is 3. The summed E-state index contributed by atoms with van der Waals surface area (Å²) in [5.74, 6) is -1.57. The summed E-state index contributed by atoms with van der Waals surface area (Å²) >= 11 is 1.62. The van der Waals surface area contributed by atoms with E-state index < -0.39 is 33.4 Å². The number of carbonyl (C=O) groups excluding carboxylic acids is 3. The lowest BCUT2D eigenvalue weighted by atomic mass is 9.66. The van der Waals surface area contributed by atoms with E-state index >= 15 is 0 Å². The predicted octanol–water partition coefficient (Wildman–Crippen LogP) is 1.14. The number of aliphatic hydroxyl groups is 1. The SMILES string of the molecule is CNC(=O)[C@H]1[C@H]2C(=O)N([C@@H](CO)CC(C)C)C(C(=O)NCn3nnc4ccccc43)C23CC[C@]1(C)S3. The average molecular weight is 515 g/mol. The van der Waals surface area contributed by atoms with Crippen LogP contribution in [0.1, 0.15) is 40.0 Å². The Kier molecular flexibility index (Phi) is 6.27. The van der Waals surface area contributed by atoms with Crippen molar-refractivity contribution in [3.63, 3.8) is 0 Å². The molecular weight excluding hydrogens is 480 g/mol. The predicted molar refractivity (Wildman–Crippen MR) is 136 cm³/mol. The molecule has 1 spiro atoms. The zero-order valence-corrected chi connectivity index (χ0v) is 21.9. The van der Waals surface area contributed by atoms with Crippen LogP contribution < -0.4 is 10.6 Å². The van der Waals surface area contributed by atoms with E-state index in [0.29, 0.717) is 12.8 Å². The highest BCUT2D eigenvalue weighted by Crippen LogP contribution is 2.71. The first kappa shape index (κ1) is 25.0. The summed E-state index contributed by atoms with van der Waals surface area (Å²) in [4.78, 5) is 42.7. The highest BCUT2D eigenvalue weighted by molar-refractivity contribution is 8.02. The molecule has 1 aromatic carbocycles. The number of thioether (sulfide) groups is 1. The normalized spacial score (nSPS) is 31.8. The minimum absolute atomic E-state index is 0.105. The van der Waals surface area contributed by atoms with Crippen LogP contribution in [0.25, 0.3) is 11.0 Å². The van der Waals surface area contributed by atoms with Crippen LogP contribution in [0, 0.1) is 17.8 Å². The van der Waals surface area contributed by atoms with Gasteiger partial charge in [0.2, 0.25) is 17.7 Å². The van der Waals surface area contributed by atoms with Crippen molar-refractivity contribution in [3.05, 3.63) is 24.3 Å². The second-order valence-corrected chi connectivity index (χ2v) is 12.7. The van der Waals surface area contributed by atoms with E-state index in [9.17, 15) is 19.5 Å². The number of para-hydroxylation sites is 1. The summed E-state index contributed by atoms with van der Waals surface area (Å²) < 4.78 is 0.483. The smallest absolute Gasteiger partial charge is 0.245 e. The van der Waals surface area contributed by atoms with Gasteiger partial charge in [-0.15, -0.1) is 16.9 Å². The Morgan fingerprint density at radius 1 is 1.25 bits per heavy atom. The maximum Gasteiger partial charge on any atom is 0.245 e. The number of nitrogens with zero attached hydrogens (tertiary/aromatic N) is 4. The summed E-state index contributed by atoms with van der Waals surface area (Å²) in [5, 5.41) is 24.4. The number of amides is 3. The molecule has 3 saturated heterocycles. The third-order valence-corrected chi connectivity index (χ3v) is 10.1. The second kappa shape index (κ2) is 9.02. The van der Waals surface area contributed by atoms with Gasteiger partial charge in [-0.25, -0.2) is 4.68 Å².